The molecule has 2 aromatic carbocycles. The zero-order valence-corrected chi connectivity index (χ0v) is 47.7. The molecule has 10 rings (SSSR count). The van der Waals surface area contributed by atoms with Crippen LogP contribution in [0.25, 0.3) is 10.9 Å². The Morgan fingerprint density at radius 2 is 1.50 bits per heavy atom. The molecule has 2 saturated heterocycles. The first-order chi connectivity index (χ1) is 38.8. The quantitative estimate of drug-likeness (QED) is 0.168. The Morgan fingerprint density at radius 1 is 0.829 bits per heavy atom. The van der Waals surface area contributed by atoms with E-state index in [4.69, 9.17) is 23.7 Å². The van der Waals surface area contributed by atoms with Crippen LogP contribution in [-0.4, -0.2) is 160 Å². The van der Waals surface area contributed by atoms with Gasteiger partial charge in [0, 0.05) is 113 Å². The number of ketones is 3. The average Bonchev–Trinajstić information content (AvgIpc) is 4.46. The second-order valence-corrected chi connectivity index (χ2v) is 22.7. The van der Waals surface area contributed by atoms with Gasteiger partial charge in [0.2, 0.25) is 17.0 Å². The summed E-state index contributed by atoms with van der Waals surface area (Å²) in [7, 11) is 2.81. The molecule has 22 heteroatoms. The number of phenols is 1. The van der Waals surface area contributed by atoms with Gasteiger partial charge in [-0.15, -0.1) is 0 Å². The van der Waals surface area contributed by atoms with E-state index in [1.54, 1.807) is 49.3 Å². The number of pyridine rings is 1. The van der Waals surface area contributed by atoms with Crippen LogP contribution < -0.4 is 25.1 Å². The number of fused-ring (bicyclic) bond motifs is 15. The number of carbonyl (C=O) groups is 6. The van der Waals surface area contributed by atoms with Crippen LogP contribution in [0.2, 0.25) is 0 Å². The Morgan fingerprint density at radius 3 is 2.11 bits per heavy atom. The number of carboxylic acids is 1. The Kier molecular flexibility index (Phi) is 16.7. The fourth-order valence-corrected chi connectivity index (χ4v) is 12.5. The number of benzene rings is 2. The maximum Gasteiger partial charge on any atom is 0.341 e. The number of carbonyl (C=O) groups excluding carboxylic acids is 5. The molecule has 3 aromatic rings. The molecule has 0 spiro atoms. The molecule has 6 heterocycles. The van der Waals surface area contributed by atoms with Crippen molar-refractivity contribution in [1.29, 1.82) is 0 Å². The first-order valence-corrected chi connectivity index (χ1v) is 27.8. The minimum Gasteiger partial charge on any atom is -0.507 e. The SMILES string of the molecule is COc1c(N2CCN(C3CCN(C4=C5NC(=O)C(C)=CC=C[C@H](C)[C@H](O)[C@@H](C)[C@@H](O)[C@@H](C)[C@H](OC(C)=O)[C@H](C)[C@@H](OC)C=CO[C@@]6(C)Oc7c(C)c(O)c(c(c7C6=O)C4=O)C5=O)CC3)CC2)c(F)cc2c(=O)c(C(=O)O)cn(C3CC3)c12. The summed E-state index contributed by atoms with van der Waals surface area (Å²) >= 11 is 0. The van der Waals surface area contributed by atoms with Crippen molar-refractivity contribution in [2.45, 2.75) is 123 Å². The Labute approximate surface area is 473 Å². The number of likely N-dealkylation sites (tertiary alicyclic amines) is 1. The lowest BCUT2D eigenvalue weighted by atomic mass is 9.78. The lowest BCUT2D eigenvalue weighted by molar-refractivity contribution is -0.160. The van der Waals surface area contributed by atoms with Gasteiger partial charge in [-0.25, -0.2) is 9.18 Å². The number of allylic oxidation sites excluding steroid dienone is 4. The normalized spacial score (nSPS) is 28.0. The number of amides is 1. The molecule has 3 fully saturated rings. The van der Waals surface area contributed by atoms with Gasteiger partial charge in [-0.3, -0.25) is 33.7 Å². The number of phenolic OH excluding ortho intramolecular Hbond substituents is 1. The van der Waals surface area contributed by atoms with E-state index >= 15 is 14.0 Å². The number of hydrogen-bond acceptors (Lipinski definition) is 18. The third kappa shape index (κ3) is 10.6. The van der Waals surface area contributed by atoms with E-state index in [1.165, 1.54) is 66.5 Å². The second-order valence-electron chi connectivity index (χ2n) is 22.7. The number of piperazine rings is 1. The van der Waals surface area contributed by atoms with E-state index in [1.807, 2.05) is 4.90 Å². The number of esters is 1. The monoisotopic (exact) mass is 1140 g/mol. The van der Waals surface area contributed by atoms with Crippen LogP contribution in [0.3, 0.4) is 0 Å². The highest BCUT2D eigenvalue weighted by Gasteiger charge is 2.53. The van der Waals surface area contributed by atoms with E-state index in [0.717, 1.165) is 18.9 Å². The van der Waals surface area contributed by atoms with Crippen molar-refractivity contribution in [2.75, 3.05) is 58.4 Å². The number of carboxylic acid groups (broad SMARTS) is 1. The van der Waals surface area contributed by atoms with E-state index in [9.17, 15) is 44.4 Å². The van der Waals surface area contributed by atoms with Crippen LogP contribution in [0.4, 0.5) is 10.1 Å². The molecular formula is C60H72FN5O16. The molecule has 1 amide bonds. The number of methoxy groups -OCH3 is 2. The number of piperidine rings is 1. The van der Waals surface area contributed by atoms with Gasteiger partial charge in [-0.2, -0.15) is 0 Å². The number of nitrogens with one attached hydrogen (secondary N) is 1. The number of halogens is 1. The Balaban J connectivity index is 1.02. The molecule has 5 aliphatic heterocycles. The lowest BCUT2D eigenvalue weighted by Crippen LogP contribution is -2.54. The Bertz CT molecular complexity index is 3330. The van der Waals surface area contributed by atoms with Gasteiger partial charge in [-0.05, 0) is 51.7 Å². The number of hydrogen-bond donors (Lipinski definition) is 5. The van der Waals surface area contributed by atoms with Crippen LogP contribution in [-0.2, 0) is 23.8 Å². The number of aromatic hydroxyl groups is 1. The molecule has 1 aromatic heterocycles. The molecule has 1 saturated carbocycles. The molecule has 21 nitrogen and oxygen atoms in total. The first kappa shape index (κ1) is 59.2. The fraction of sp³-hybridized carbons (Fsp3) is 0.517. The molecule has 440 valence electrons. The average molecular weight is 1140 g/mol. The number of Topliss-reactive ketones (excluding diaryl/α,β-unsaturated/α-hetero) is 3. The van der Waals surface area contributed by atoms with Gasteiger partial charge < -0.3 is 63.8 Å². The lowest BCUT2D eigenvalue weighted by Gasteiger charge is -2.44. The second kappa shape index (κ2) is 23.1. The molecule has 5 bridgehead atoms. The summed E-state index contributed by atoms with van der Waals surface area (Å²) in [4.78, 5) is 103. The van der Waals surface area contributed by atoms with Crippen molar-refractivity contribution in [3.05, 3.63) is 104 Å². The molecule has 0 radical (unpaired) electrons. The summed E-state index contributed by atoms with van der Waals surface area (Å²) < 4.78 is 47.7. The van der Waals surface area contributed by atoms with E-state index in [0.29, 0.717) is 44.5 Å². The van der Waals surface area contributed by atoms with Gasteiger partial charge in [0.05, 0.1) is 59.3 Å². The molecule has 0 unspecified atom stereocenters. The zero-order chi connectivity index (χ0) is 59.5. The third-order valence-electron chi connectivity index (χ3n) is 17.4. The van der Waals surface area contributed by atoms with E-state index in [-0.39, 0.29) is 70.1 Å². The van der Waals surface area contributed by atoms with Gasteiger partial charge in [0.1, 0.15) is 40.2 Å². The van der Waals surface area contributed by atoms with Crippen molar-refractivity contribution in [1.82, 2.24) is 19.7 Å². The standard InChI is InChI=1S/C60H72FN5O16/c1-28-12-11-13-29(2)58(75)62-44-47(64-19-16-35(17-20-64)63-21-23-65(24-22-63)46-39(61)26-37-45(56(46)79-10)66(36-14-15-36)27-38(51(37)71)59(76)77)53(73)41-42(52(44)72)50(70)33(6)55-43(41)57(74)60(8,82-55)80-25-18-40(78-9)30(3)54(81-34(7)67)32(5)49(69)31(4)48(28)68/h11-13,18,25-28,30-32,35-36,40,48-49,54,68-70H,14-17,19-24H2,1-10H3,(H,62,75)(H,76,77)/t28-,30+,31+,32+,40-,48-,49+,54+,60-/m0/s1. The summed E-state index contributed by atoms with van der Waals surface area (Å²) in [6, 6.07) is 0.974. The number of anilines is 1. The maximum atomic E-state index is 16.3. The predicted octanol–water partition coefficient (Wildman–Crippen LogP) is 5.74. The molecule has 2 aliphatic carbocycles. The van der Waals surface area contributed by atoms with Crippen LogP contribution in [0.5, 0.6) is 17.2 Å². The fourth-order valence-electron chi connectivity index (χ4n) is 12.5. The van der Waals surface area contributed by atoms with E-state index in [2.05, 4.69) is 10.2 Å². The number of rotatable bonds is 8. The van der Waals surface area contributed by atoms with Gasteiger partial charge in [0.25, 0.3) is 11.7 Å². The topological polar surface area (TPSA) is 273 Å². The highest BCUT2D eigenvalue weighted by atomic mass is 19.1. The number of aliphatic hydroxyl groups excluding tert-OH is 2. The number of aliphatic hydroxyl groups is 2. The summed E-state index contributed by atoms with van der Waals surface area (Å²) in [5, 5.41) is 47.4. The highest BCUT2D eigenvalue weighted by Crippen LogP contribution is 2.50. The van der Waals surface area contributed by atoms with Gasteiger partial charge in [-0.1, -0.05) is 45.9 Å². The van der Waals surface area contributed by atoms with Crippen molar-refractivity contribution >= 4 is 51.8 Å². The van der Waals surface area contributed by atoms with Crippen LogP contribution in [0.15, 0.2) is 64.6 Å². The van der Waals surface area contributed by atoms with Crippen LogP contribution >= 0.6 is 0 Å². The van der Waals surface area contributed by atoms with Crippen LogP contribution in [0.1, 0.15) is 127 Å². The minimum atomic E-state index is -2.16. The van der Waals surface area contributed by atoms with Crippen molar-refractivity contribution in [3.8, 4) is 17.2 Å². The number of nitrogens with zero attached hydrogens (tertiary/aromatic N) is 4. The summed E-state index contributed by atoms with van der Waals surface area (Å²) in [5.41, 5.74) is -2.52. The molecule has 7 aliphatic rings. The van der Waals surface area contributed by atoms with Gasteiger partial charge >= 0.3 is 17.7 Å². The number of aromatic nitrogens is 1. The van der Waals surface area contributed by atoms with Crippen molar-refractivity contribution in [2.24, 2.45) is 23.7 Å². The number of aromatic carboxylic acids is 1. The molecule has 5 N–H and O–H groups in total. The minimum absolute atomic E-state index is 0.0401. The summed E-state index contributed by atoms with van der Waals surface area (Å²) in [6.07, 6.45) is 6.95. The maximum absolute atomic E-state index is 16.3. The van der Waals surface area contributed by atoms with Gasteiger partial charge in [0.15, 0.2) is 11.6 Å². The number of ether oxygens (including phenoxy) is 5. The van der Waals surface area contributed by atoms with Crippen LogP contribution in [0, 0.1) is 36.4 Å². The largest absolute Gasteiger partial charge is 0.507 e. The molecule has 9 atom stereocenters. The highest BCUT2D eigenvalue weighted by molar-refractivity contribution is 6.32. The first-order valence-electron chi connectivity index (χ1n) is 27.8. The summed E-state index contributed by atoms with van der Waals surface area (Å²) in [6.45, 7) is 14.4. The summed E-state index contributed by atoms with van der Waals surface area (Å²) in [5.74, 6) is -11.7. The third-order valence-corrected chi connectivity index (χ3v) is 17.4. The van der Waals surface area contributed by atoms with Crippen molar-refractivity contribution in [3.63, 3.8) is 0 Å². The Hall–Kier alpha value is -7.40. The van der Waals surface area contributed by atoms with E-state index < -0.39 is 128 Å². The van der Waals surface area contributed by atoms with Crippen molar-refractivity contribution < 1.29 is 77.3 Å². The molecule has 82 heavy (non-hydrogen) atoms. The zero-order valence-electron chi connectivity index (χ0n) is 47.7. The predicted molar refractivity (Wildman–Crippen MR) is 297 cm³/mol. The molecular weight excluding hydrogens is 1070 g/mol. The smallest absolute Gasteiger partial charge is 0.341 e.